The summed E-state index contributed by atoms with van der Waals surface area (Å²) in [7, 11) is 0. The second-order valence-corrected chi connectivity index (χ2v) is 4.74. The van der Waals surface area contributed by atoms with Crippen molar-refractivity contribution in [2.45, 2.75) is 39.2 Å². The minimum Gasteiger partial charge on any atom is -0.331 e. The van der Waals surface area contributed by atoms with Gasteiger partial charge >= 0.3 is 0 Å². The van der Waals surface area contributed by atoms with Crippen molar-refractivity contribution in [2.24, 2.45) is 0 Å². The maximum atomic E-state index is 4.41. The third-order valence-electron chi connectivity index (χ3n) is 3.21. The lowest BCUT2D eigenvalue weighted by Gasteiger charge is -2.05. The average molecular weight is 245 g/mol. The third kappa shape index (κ3) is 3.57. The fourth-order valence-electron chi connectivity index (χ4n) is 2.20. The fourth-order valence-corrected chi connectivity index (χ4v) is 2.20. The van der Waals surface area contributed by atoms with Crippen LogP contribution in [0.4, 0.5) is 0 Å². The van der Waals surface area contributed by atoms with Gasteiger partial charge in [0.15, 0.2) is 0 Å². The molecule has 3 nitrogen and oxygen atoms in total. The zero-order valence-corrected chi connectivity index (χ0v) is 11.2. The van der Waals surface area contributed by atoms with Crippen LogP contribution in [0.5, 0.6) is 0 Å². The van der Waals surface area contributed by atoms with Crippen molar-refractivity contribution in [1.29, 1.82) is 0 Å². The monoisotopic (exact) mass is 245 g/mol. The molecule has 0 fully saturated rings. The van der Waals surface area contributed by atoms with E-state index in [9.17, 15) is 0 Å². The van der Waals surface area contributed by atoms with Crippen molar-refractivity contribution in [1.82, 2.24) is 14.9 Å². The third-order valence-corrected chi connectivity index (χ3v) is 3.21. The van der Waals surface area contributed by atoms with E-state index in [0.29, 0.717) is 0 Å². The van der Waals surface area contributed by atoms with E-state index in [1.165, 1.54) is 31.2 Å². The molecule has 1 heterocycles. The Morgan fingerprint density at radius 2 is 2.00 bits per heavy atom. The Hall–Kier alpha value is -1.35. The van der Waals surface area contributed by atoms with E-state index in [1.807, 2.05) is 12.4 Å². The lowest BCUT2D eigenvalue weighted by Crippen LogP contribution is -2.15. The largest absolute Gasteiger partial charge is 0.331 e. The zero-order chi connectivity index (χ0) is 12.6. The molecule has 1 N–H and O–H groups in total. The van der Waals surface area contributed by atoms with Crippen LogP contribution < -0.4 is 5.32 Å². The Labute approximate surface area is 109 Å². The van der Waals surface area contributed by atoms with Crippen molar-refractivity contribution in [2.75, 3.05) is 13.1 Å². The van der Waals surface area contributed by atoms with E-state index < -0.39 is 0 Å². The lowest BCUT2D eigenvalue weighted by molar-refractivity contribution is 0.563. The van der Waals surface area contributed by atoms with Crippen LogP contribution in [0.3, 0.4) is 0 Å². The predicted octanol–water partition coefficient (Wildman–Crippen LogP) is 3.21. The number of imidazole rings is 1. The van der Waals surface area contributed by atoms with E-state index in [0.717, 1.165) is 25.2 Å². The molecule has 3 heteroatoms. The number of unbranched alkanes of at least 4 members (excludes halogenated alkanes) is 2. The first-order valence-electron chi connectivity index (χ1n) is 7.02. The molecular weight excluding hydrogens is 222 g/mol. The minimum atomic E-state index is 1.08. The van der Waals surface area contributed by atoms with Gasteiger partial charge in [0, 0.05) is 6.54 Å². The summed E-state index contributed by atoms with van der Waals surface area (Å²) in [6.45, 7) is 5.58. The summed E-state index contributed by atoms with van der Waals surface area (Å²) in [5.74, 6) is 0. The summed E-state index contributed by atoms with van der Waals surface area (Å²) in [6.07, 6.45) is 6.96. The van der Waals surface area contributed by atoms with E-state index in [1.54, 1.807) is 0 Å². The van der Waals surface area contributed by atoms with E-state index in [-0.39, 0.29) is 0 Å². The van der Waals surface area contributed by atoms with Crippen LogP contribution in [0, 0.1) is 0 Å². The number of rotatable bonds is 8. The molecule has 0 amide bonds. The highest BCUT2D eigenvalue weighted by Gasteiger charge is 2.00. The summed E-state index contributed by atoms with van der Waals surface area (Å²) in [5.41, 5.74) is 2.35. The second-order valence-electron chi connectivity index (χ2n) is 4.74. The number of benzene rings is 1. The van der Waals surface area contributed by atoms with Gasteiger partial charge in [0.05, 0.1) is 17.4 Å². The summed E-state index contributed by atoms with van der Waals surface area (Å²) in [4.78, 5) is 4.41. The smallest absolute Gasteiger partial charge is 0.0958 e. The van der Waals surface area contributed by atoms with E-state index >= 15 is 0 Å². The first-order chi connectivity index (χ1) is 8.92. The van der Waals surface area contributed by atoms with Crippen LogP contribution in [-0.4, -0.2) is 22.6 Å². The van der Waals surface area contributed by atoms with E-state index in [2.05, 4.69) is 40.0 Å². The fraction of sp³-hybridized carbons (Fsp3) is 0.533. The molecule has 2 rings (SSSR count). The minimum absolute atomic E-state index is 1.08. The average Bonchev–Trinajstić information content (AvgIpc) is 2.81. The van der Waals surface area contributed by atoms with Gasteiger partial charge in [-0.2, -0.15) is 0 Å². The number of nitrogens with zero attached hydrogens (tertiary/aromatic N) is 2. The predicted molar refractivity (Wildman–Crippen MR) is 76.7 cm³/mol. The first-order valence-corrected chi connectivity index (χ1v) is 7.02. The van der Waals surface area contributed by atoms with Crippen molar-refractivity contribution >= 4 is 11.0 Å². The molecule has 18 heavy (non-hydrogen) atoms. The van der Waals surface area contributed by atoms with Gasteiger partial charge in [-0.15, -0.1) is 0 Å². The van der Waals surface area contributed by atoms with Crippen molar-refractivity contribution < 1.29 is 0 Å². The summed E-state index contributed by atoms with van der Waals surface area (Å²) in [5, 5.41) is 3.44. The Morgan fingerprint density at radius 1 is 1.11 bits per heavy atom. The van der Waals surface area contributed by atoms with Crippen LogP contribution in [0.2, 0.25) is 0 Å². The number of para-hydroxylation sites is 2. The molecule has 0 aliphatic carbocycles. The van der Waals surface area contributed by atoms with Gasteiger partial charge in [-0.25, -0.2) is 4.98 Å². The highest BCUT2D eigenvalue weighted by Crippen LogP contribution is 2.12. The topological polar surface area (TPSA) is 29.9 Å². The second kappa shape index (κ2) is 7.17. The van der Waals surface area contributed by atoms with Crippen LogP contribution in [0.15, 0.2) is 30.6 Å². The Morgan fingerprint density at radius 3 is 2.89 bits per heavy atom. The van der Waals surface area contributed by atoms with Crippen molar-refractivity contribution in [3.8, 4) is 0 Å². The normalized spacial score (nSPS) is 11.2. The molecule has 0 aliphatic heterocycles. The quantitative estimate of drug-likeness (QED) is 0.724. The lowest BCUT2D eigenvalue weighted by atomic mass is 10.2. The number of fused-ring (bicyclic) bond motifs is 1. The maximum Gasteiger partial charge on any atom is 0.0958 e. The molecule has 98 valence electrons. The molecule has 0 aliphatic rings. The first kappa shape index (κ1) is 13.1. The van der Waals surface area contributed by atoms with Gasteiger partial charge in [0.1, 0.15) is 0 Å². The van der Waals surface area contributed by atoms with E-state index in [4.69, 9.17) is 0 Å². The van der Waals surface area contributed by atoms with Crippen LogP contribution in [0.25, 0.3) is 11.0 Å². The summed E-state index contributed by atoms with van der Waals surface area (Å²) >= 11 is 0. The van der Waals surface area contributed by atoms with Gasteiger partial charge in [-0.05, 0) is 44.5 Å². The Balaban J connectivity index is 1.70. The maximum absolute atomic E-state index is 4.41. The zero-order valence-electron chi connectivity index (χ0n) is 11.2. The van der Waals surface area contributed by atoms with Crippen LogP contribution in [0.1, 0.15) is 32.6 Å². The van der Waals surface area contributed by atoms with Gasteiger partial charge < -0.3 is 9.88 Å². The SMILES string of the molecule is CCCNCCCCCn1cnc2ccccc21. The molecule has 0 saturated carbocycles. The molecular formula is C15H23N3. The molecule has 0 saturated heterocycles. The van der Waals surface area contributed by atoms with Crippen molar-refractivity contribution in [3.05, 3.63) is 30.6 Å². The molecule has 0 unspecified atom stereocenters. The van der Waals surface area contributed by atoms with Gasteiger partial charge in [-0.3, -0.25) is 0 Å². The number of hydrogen-bond acceptors (Lipinski definition) is 2. The standard InChI is InChI=1S/C15H23N3/c1-2-10-16-11-6-3-7-12-18-13-17-14-8-4-5-9-15(14)18/h4-5,8-9,13,16H,2-3,6-7,10-12H2,1H3. The summed E-state index contributed by atoms with van der Waals surface area (Å²) in [6, 6.07) is 8.33. The number of nitrogens with one attached hydrogen (secondary N) is 1. The van der Waals surface area contributed by atoms with Gasteiger partial charge in [0.2, 0.25) is 0 Å². The molecule has 0 spiro atoms. The van der Waals surface area contributed by atoms with Crippen molar-refractivity contribution in [3.63, 3.8) is 0 Å². The Bertz CT molecular complexity index is 461. The molecule has 1 aromatic carbocycles. The molecule has 0 bridgehead atoms. The summed E-state index contributed by atoms with van der Waals surface area (Å²) < 4.78 is 2.26. The van der Waals surface area contributed by atoms with Crippen LogP contribution in [-0.2, 0) is 6.54 Å². The highest BCUT2D eigenvalue weighted by molar-refractivity contribution is 5.74. The Kier molecular flexibility index (Phi) is 5.21. The highest BCUT2D eigenvalue weighted by atomic mass is 15.0. The molecule has 0 atom stereocenters. The molecule has 0 radical (unpaired) electrons. The van der Waals surface area contributed by atoms with Crippen LogP contribution >= 0.6 is 0 Å². The number of aromatic nitrogens is 2. The number of hydrogen-bond donors (Lipinski definition) is 1. The molecule has 1 aromatic heterocycles. The number of aryl methyl sites for hydroxylation is 1. The van der Waals surface area contributed by atoms with Gasteiger partial charge in [-0.1, -0.05) is 25.5 Å². The molecule has 2 aromatic rings. The van der Waals surface area contributed by atoms with Gasteiger partial charge in [0.25, 0.3) is 0 Å².